The average molecular weight is 494 g/mol. The summed E-state index contributed by atoms with van der Waals surface area (Å²) in [6.45, 7) is 5.75. The topological polar surface area (TPSA) is 121 Å². The number of ether oxygens (including phenoxy) is 1. The van der Waals surface area contributed by atoms with E-state index < -0.39 is 11.7 Å². The van der Waals surface area contributed by atoms with Gasteiger partial charge >= 0.3 is 6.09 Å². The first-order chi connectivity index (χ1) is 17.8. The van der Waals surface area contributed by atoms with Crippen LogP contribution in [0.2, 0.25) is 0 Å². The number of hydrogen-bond donors (Lipinski definition) is 2. The number of alkyl carbamates (subject to hydrolysis) is 1. The summed E-state index contributed by atoms with van der Waals surface area (Å²) in [6.07, 6.45) is 2.86. The second-order valence-electron chi connectivity index (χ2n) is 9.49. The van der Waals surface area contributed by atoms with Gasteiger partial charge in [-0.1, -0.05) is 36.4 Å². The first-order valence-electron chi connectivity index (χ1n) is 11.9. The summed E-state index contributed by atoms with van der Waals surface area (Å²) < 4.78 is 7.18. The maximum atomic E-state index is 12.0. The van der Waals surface area contributed by atoms with Crippen molar-refractivity contribution in [1.29, 1.82) is 0 Å². The predicted molar refractivity (Wildman–Crippen MR) is 143 cm³/mol. The highest BCUT2D eigenvalue weighted by Gasteiger charge is 2.20. The van der Waals surface area contributed by atoms with Gasteiger partial charge in [0.1, 0.15) is 22.8 Å². The summed E-state index contributed by atoms with van der Waals surface area (Å²) in [6, 6.07) is 21.3. The van der Waals surface area contributed by atoms with Gasteiger partial charge in [-0.05, 0) is 56.7 Å². The molecule has 0 atom stereocenters. The van der Waals surface area contributed by atoms with Crippen LogP contribution in [-0.2, 0) is 11.3 Å². The van der Waals surface area contributed by atoms with Gasteiger partial charge in [-0.3, -0.25) is 4.57 Å². The molecule has 0 unspecified atom stereocenters. The Balaban J connectivity index is 1.55. The van der Waals surface area contributed by atoms with E-state index >= 15 is 0 Å². The molecule has 186 valence electrons. The lowest BCUT2D eigenvalue weighted by molar-refractivity contribution is 0.0523. The maximum Gasteiger partial charge on any atom is 0.407 e. The van der Waals surface area contributed by atoms with E-state index in [-0.39, 0.29) is 6.54 Å². The van der Waals surface area contributed by atoms with Crippen molar-refractivity contribution < 1.29 is 9.53 Å². The number of nitrogens with zero attached hydrogens (tertiary/aromatic N) is 5. The number of carbonyl (C=O) groups excluding carboxylic acids is 1. The number of imidazole rings is 1. The number of fused-ring (bicyclic) bond motifs is 1. The lowest BCUT2D eigenvalue weighted by Crippen LogP contribution is -2.32. The fourth-order valence-corrected chi connectivity index (χ4v) is 3.87. The van der Waals surface area contributed by atoms with Gasteiger partial charge in [0.15, 0.2) is 11.5 Å². The number of nitrogens with two attached hydrogens (primary N) is 1. The smallest absolute Gasteiger partial charge is 0.407 e. The number of amides is 1. The minimum absolute atomic E-state index is 0.283. The highest BCUT2D eigenvalue weighted by molar-refractivity contribution is 5.84. The molecule has 0 spiro atoms. The summed E-state index contributed by atoms with van der Waals surface area (Å²) in [5.74, 6) is 1.56. The zero-order chi connectivity index (χ0) is 26.0. The van der Waals surface area contributed by atoms with Crippen molar-refractivity contribution >= 4 is 23.1 Å². The summed E-state index contributed by atoms with van der Waals surface area (Å²) in [4.78, 5) is 30.7. The highest BCUT2D eigenvalue weighted by atomic mass is 16.6. The van der Waals surface area contributed by atoms with Crippen LogP contribution in [0.4, 0.5) is 10.6 Å². The Kier molecular flexibility index (Phi) is 6.27. The quantitative estimate of drug-likeness (QED) is 0.347. The fourth-order valence-electron chi connectivity index (χ4n) is 3.87. The maximum absolute atomic E-state index is 12.0. The van der Waals surface area contributed by atoms with Crippen LogP contribution in [0.3, 0.4) is 0 Å². The van der Waals surface area contributed by atoms with Crippen LogP contribution in [0, 0.1) is 0 Å². The predicted octanol–water partition coefficient (Wildman–Crippen LogP) is 5.15. The molecule has 0 fully saturated rings. The molecule has 0 aliphatic rings. The molecule has 0 aliphatic carbocycles. The molecule has 9 nitrogen and oxygen atoms in total. The Morgan fingerprint density at radius 1 is 0.973 bits per heavy atom. The molecule has 5 rings (SSSR count). The molecule has 0 radical (unpaired) electrons. The number of benzene rings is 1. The van der Waals surface area contributed by atoms with Crippen LogP contribution in [-0.4, -0.2) is 36.2 Å². The van der Waals surface area contributed by atoms with Gasteiger partial charge in [-0.25, -0.2) is 24.7 Å². The third-order valence-electron chi connectivity index (χ3n) is 5.53. The minimum atomic E-state index is -0.565. The molecule has 4 heterocycles. The number of hydrogen-bond acceptors (Lipinski definition) is 7. The van der Waals surface area contributed by atoms with Gasteiger partial charge < -0.3 is 15.8 Å². The average Bonchev–Trinajstić information content (AvgIpc) is 3.26. The van der Waals surface area contributed by atoms with Crippen LogP contribution in [0.5, 0.6) is 0 Å². The fraction of sp³-hybridized carbons (Fsp3) is 0.179. The number of nitrogen functional groups attached to an aromatic ring is 1. The van der Waals surface area contributed by atoms with Gasteiger partial charge in [0, 0.05) is 24.5 Å². The van der Waals surface area contributed by atoms with Crippen molar-refractivity contribution in [3.05, 3.63) is 84.7 Å². The van der Waals surface area contributed by atoms with Crippen molar-refractivity contribution in [3.8, 4) is 28.5 Å². The molecule has 0 bridgehead atoms. The molecular formula is C28H27N7O2. The second kappa shape index (κ2) is 9.69. The first kappa shape index (κ1) is 23.9. The standard InChI is InChI=1S/C28H27N7O2/c1-28(2,3)37-27(36)32-17-18-11-14-23(31-16-18)35-25(20-10-7-15-30-24(20)29)34-22-13-12-21(33-26(22)35)19-8-5-4-6-9-19/h4-16H,17H2,1-3H3,(H2,29,30)(H,32,36). The second-order valence-corrected chi connectivity index (χ2v) is 9.49. The van der Waals surface area contributed by atoms with Crippen LogP contribution < -0.4 is 11.1 Å². The van der Waals surface area contributed by atoms with E-state index in [1.807, 2.05) is 92.1 Å². The SMILES string of the molecule is CC(C)(C)OC(=O)NCc1ccc(-n2c(-c3cccnc3N)nc3ccc(-c4ccccc4)nc32)nc1. The van der Waals surface area contributed by atoms with Crippen LogP contribution >= 0.6 is 0 Å². The number of nitrogens with one attached hydrogen (secondary N) is 1. The summed E-state index contributed by atoms with van der Waals surface area (Å²) in [5.41, 5.74) is 10.3. The van der Waals surface area contributed by atoms with Crippen LogP contribution in [0.25, 0.3) is 39.6 Å². The number of anilines is 1. The number of aromatic nitrogens is 5. The third-order valence-corrected chi connectivity index (χ3v) is 5.53. The summed E-state index contributed by atoms with van der Waals surface area (Å²) in [5, 5.41) is 2.75. The zero-order valence-electron chi connectivity index (χ0n) is 20.8. The van der Waals surface area contributed by atoms with Crippen molar-refractivity contribution in [3.63, 3.8) is 0 Å². The lowest BCUT2D eigenvalue weighted by Gasteiger charge is -2.19. The number of carbonyl (C=O) groups is 1. The number of rotatable bonds is 5. The van der Waals surface area contributed by atoms with E-state index in [1.54, 1.807) is 12.4 Å². The monoisotopic (exact) mass is 493 g/mol. The van der Waals surface area contributed by atoms with Crippen molar-refractivity contribution in [2.45, 2.75) is 32.9 Å². The van der Waals surface area contributed by atoms with Gasteiger partial charge in [0.25, 0.3) is 0 Å². The molecule has 1 amide bonds. The van der Waals surface area contributed by atoms with Gasteiger partial charge in [-0.2, -0.15) is 0 Å². The van der Waals surface area contributed by atoms with E-state index in [9.17, 15) is 4.79 Å². The minimum Gasteiger partial charge on any atom is -0.444 e. The molecule has 4 aromatic heterocycles. The van der Waals surface area contributed by atoms with Crippen molar-refractivity contribution in [2.75, 3.05) is 5.73 Å². The van der Waals surface area contributed by atoms with E-state index in [1.165, 1.54) is 0 Å². The lowest BCUT2D eigenvalue weighted by atomic mass is 10.1. The molecule has 3 N–H and O–H groups in total. The highest BCUT2D eigenvalue weighted by Crippen LogP contribution is 2.31. The summed E-state index contributed by atoms with van der Waals surface area (Å²) >= 11 is 0. The molecule has 37 heavy (non-hydrogen) atoms. The van der Waals surface area contributed by atoms with E-state index in [0.29, 0.717) is 34.2 Å². The molecule has 0 saturated carbocycles. The third kappa shape index (κ3) is 5.25. The van der Waals surface area contributed by atoms with E-state index in [2.05, 4.69) is 15.3 Å². The van der Waals surface area contributed by atoms with Crippen LogP contribution in [0.1, 0.15) is 26.3 Å². The summed E-state index contributed by atoms with van der Waals surface area (Å²) in [7, 11) is 0. The molecule has 0 saturated heterocycles. The van der Waals surface area contributed by atoms with Crippen molar-refractivity contribution in [2.24, 2.45) is 0 Å². The van der Waals surface area contributed by atoms with E-state index in [4.69, 9.17) is 20.4 Å². The Hall–Kier alpha value is -4.79. The zero-order valence-corrected chi connectivity index (χ0v) is 20.8. The van der Waals surface area contributed by atoms with Gasteiger partial charge in [0.2, 0.25) is 0 Å². The van der Waals surface area contributed by atoms with Crippen molar-refractivity contribution in [1.82, 2.24) is 29.8 Å². The van der Waals surface area contributed by atoms with Crippen LogP contribution in [0.15, 0.2) is 79.1 Å². The molecule has 1 aromatic carbocycles. The van der Waals surface area contributed by atoms with Gasteiger partial charge in [-0.15, -0.1) is 0 Å². The largest absolute Gasteiger partial charge is 0.444 e. The Morgan fingerprint density at radius 2 is 1.78 bits per heavy atom. The number of pyridine rings is 3. The Labute approximate surface area is 214 Å². The van der Waals surface area contributed by atoms with Gasteiger partial charge in [0.05, 0.1) is 11.3 Å². The molecular weight excluding hydrogens is 466 g/mol. The van der Waals surface area contributed by atoms with E-state index in [0.717, 1.165) is 16.8 Å². The Bertz CT molecular complexity index is 1560. The molecule has 5 aromatic rings. The normalized spacial score (nSPS) is 11.4. The molecule has 9 heteroatoms. The molecule has 0 aliphatic heterocycles. The first-order valence-corrected chi connectivity index (χ1v) is 11.9. The Morgan fingerprint density at radius 3 is 2.49 bits per heavy atom.